The molecule has 6 heteroatoms. The first-order valence-electron chi connectivity index (χ1n) is 9.77. The molecular weight excluding hydrogens is 326 g/mol. The molecule has 0 bridgehead atoms. The molecule has 2 aliphatic rings. The Balaban J connectivity index is 1.36. The molecule has 1 aliphatic carbocycles. The Morgan fingerprint density at radius 2 is 1.92 bits per heavy atom. The van der Waals surface area contributed by atoms with Crippen LogP contribution >= 0.6 is 0 Å². The van der Waals surface area contributed by atoms with E-state index in [0.717, 1.165) is 45.3 Å². The summed E-state index contributed by atoms with van der Waals surface area (Å²) in [6.07, 6.45) is 8.61. The van der Waals surface area contributed by atoms with Gasteiger partial charge in [-0.05, 0) is 37.8 Å². The normalized spacial score (nSPS) is 21.8. The number of carbonyl (C=O) groups excluding carboxylic acids is 1. The van der Waals surface area contributed by atoms with E-state index in [1.807, 2.05) is 10.9 Å². The number of aromatic nitrogens is 3. The Morgan fingerprint density at radius 3 is 2.73 bits per heavy atom. The number of carbonyl (C=O) groups is 1. The van der Waals surface area contributed by atoms with Crippen LogP contribution < -0.4 is 5.32 Å². The van der Waals surface area contributed by atoms with Gasteiger partial charge in [0.25, 0.3) is 5.91 Å². The molecule has 1 saturated heterocycles. The van der Waals surface area contributed by atoms with Gasteiger partial charge in [-0.15, -0.1) is 5.10 Å². The summed E-state index contributed by atoms with van der Waals surface area (Å²) in [7, 11) is 0. The van der Waals surface area contributed by atoms with Gasteiger partial charge in [0.2, 0.25) is 0 Å². The molecule has 1 aromatic heterocycles. The molecule has 1 atom stereocenters. The Labute approximate surface area is 154 Å². The molecule has 0 spiro atoms. The SMILES string of the molecule is O=C(NC1CCCC1)c1cn([C@@H]2CCCN(Cc3ccccc3)C2)nn1. The van der Waals surface area contributed by atoms with Gasteiger partial charge in [-0.1, -0.05) is 48.4 Å². The highest BCUT2D eigenvalue weighted by molar-refractivity contribution is 5.92. The summed E-state index contributed by atoms with van der Waals surface area (Å²) in [5.74, 6) is -0.0832. The topological polar surface area (TPSA) is 63.1 Å². The van der Waals surface area contributed by atoms with E-state index >= 15 is 0 Å². The van der Waals surface area contributed by atoms with Crippen molar-refractivity contribution >= 4 is 5.91 Å². The van der Waals surface area contributed by atoms with E-state index in [2.05, 4.69) is 50.9 Å². The molecule has 1 amide bonds. The molecule has 2 fully saturated rings. The number of hydrogen-bond acceptors (Lipinski definition) is 4. The van der Waals surface area contributed by atoms with Gasteiger partial charge in [-0.3, -0.25) is 9.69 Å². The van der Waals surface area contributed by atoms with Crippen LogP contribution in [0.2, 0.25) is 0 Å². The molecule has 1 aliphatic heterocycles. The highest BCUT2D eigenvalue weighted by Crippen LogP contribution is 2.22. The van der Waals surface area contributed by atoms with Gasteiger partial charge in [0, 0.05) is 19.1 Å². The second kappa shape index (κ2) is 7.99. The van der Waals surface area contributed by atoms with Gasteiger partial charge >= 0.3 is 0 Å². The molecule has 0 radical (unpaired) electrons. The monoisotopic (exact) mass is 353 g/mol. The van der Waals surface area contributed by atoms with Crippen LogP contribution in [0.25, 0.3) is 0 Å². The van der Waals surface area contributed by atoms with Crippen LogP contribution in [0, 0.1) is 0 Å². The number of amides is 1. The van der Waals surface area contributed by atoms with Crippen molar-refractivity contribution in [1.29, 1.82) is 0 Å². The van der Waals surface area contributed by atoms with E-state index in [9.17, 15) is 4.79 Å². The van der Waals surface area contributed by atoms with Crippen LogP contribution in [0.5, 0.6) is 0 Å². The maximum absolute atomic E-state index is 12.4. The Hall–Kier alpha value is -2.21. The fourth-order valence-corrected chi connectivity index (χ4v) is 4.12. The third-order valence-corrected chi connectivity index (χ3v) is 5.54. The van der Waals surface area contributed by atoms with Crippen molar-refractivity contribution < 1.29 is 4.79 Å². The van der Waals surface area contributed by atoms with Crippen molar-refractivity contribution in [3.05, 3.63) is 47.8 Å². The number of rotatable bonds is 5. The molecular formula is C20H27N5O. The van der Waals surface area contributed by atoms with Gasteiger partial charge in [-0.2, -0.15) is 0 Å². The Morgan fingerprint density at radius 1 is 1.12 bits per heavy atom. The predicted molar refractivity (Wildman–Crippen MR) is 99.7 cm³/mol. The van der Waals surface area contributed by atoms with E-state index < -0.39 is 0 Å². The lowest BCUT2D eigenvalue weighted by Crippen LogP contribution is -2.36. The second-order valence-corrected chi connectivity index (χ2v) is 7.56. The van der Waals surface area contributed by atoms with E-state index in [1.54, 1.807) is 0 Å². The Bertz CT molecular complexity index is 723. The summed E-state index contributed by atoms with van der Waals surface area (Å²) in [5.41, 5.74) is 1.78. The van der Waals surface area contributed by atoms with Gasteiger partial charge in [-0.25, -0.2) is 4.68 Å². The second-order valence-electron chi connectivity index (χ2n) is 7.56. The van der Waals surface area contributed by atoms with Crippen LogP contribution in [0.3, 0.4) is 0 Å². The highest BCUT2D eigenvalue weighted by atomic mass is 16.2. The third kappa shape index (κ3) is 4.12. The van der Waals surface area contributed by atoms with Crippen molar-refractivity contribution in [3.8, 4) is 0 Å². The van der Waals surface area contributed by atoms with Crippen molar-refractivity contribution in [2.75, 3.05) is 13.1 Å². The summed E-state index contributed by atoms with van der Waals surface area (Å²) in [6.45, 7) is 3.01. The van der Waals surface area contributed by atoms with E-state index in [1.165, 1.54) is 18.4 Å². The van der Waals surface area contributed by atoms with Gasteiger partial charge < -0.3 is 5.32 Å². The zero-order valence-corrected chi connectivity index (χ0v) is 15.2. The van der Waals surface area contributed by atoms with Gasteiger partial charge in [0.05, 0.1) is 12.2 Å². The number of piperidine rings is 1. The summed E-state index contributed by atoms with van der Waals surface area (Å²) >= 11 is 0. The first kappa shape index (κ1) is 17.2. The maximum Gasteiger partial charge on any atom is 0.273 e. The van der Waals surface area contributed by atoms with Crippen molar-refractivity contribution in [2.45, 2.75) is 57.2 Å². The lowest BCUT2D eigenvalue weighted by Gasteiger charge is -2.32. The number of likely N-dealkylation sites (tertiary alicyclic amines) is 1. The first-order valence-corrected chi connectivity index (χ1v) is 9.77. The fourth-order valence-electron chi connectivity index (χ4n) is 4.12. The highest BCUT2D eigenvalue weighted by Gasteiger charge is 2.24. The van der Waals surface area contributed by atoms with Gasteiger partial charge in [0.15, 0.2) is 5.69 Å². The minimum Gasteiger partial charge on any atom is -0.348 e. The molecule has 6 nitrogen and oxygen atoms in total. The van der Waals surface area contributed by atoms with E-state index in [-0.39, 0.29) is 11.9 Å². The number of benzene rings is 1. The molecule has 138 valence electrons. The van der Waals surface area contributed by atoms with Crippen molar-refractivity contribution in [3.63, 3.8) is 0 Å². The van der Waals surface area contributed by atoms with Crippen LogP contribution in [0.1, 0.15) is 60.6 Å². The largest absolute Gasteiger partial charge is 0.348 e. The number of hydrogen-bond donors (Lipinski definition) is 1. The fraction of sp³-hybridized carbons (Fsp3) is 0.550. The Kier molecular flexibility index (Phi) is 5.29. The first-order chi connectivity index (χ1) is 12.8. The lowest BCUT2D eigenvalue weighted by atomic mass is 10.0. The zero-order valence-electron chi connectivity index (χ0n) is 15.2. The summed E-state index contributed by atoms with van der Waals surface area (Å²) in [5, 5.41) is 11.5. The molecule has 1 aromatic carbocycles. The smallest absolute Gasteiger partial charge is 0.273 e. The van der Waals surface area contributed by atoms with Crippen molar-refractivity contribution in [1.82, 2.24) is 25.2 Å². The van der Waals surface area contributed by atoms with Crippen LogP contribution in [-0.2, 0) is 6.54 Å². The molecule has 1 saturated carbocycles. The van der Waals surface area contributed by atoms with E-state index in [4.69, 9.17) is 0 Å². The molecule has 4 rings (SSSR count). The van der Waals surface area contributed by atoms with Crippen LogP contribution in [0.4, 0.5) is 0 Å². The van der Waals surface area contributed by atoms with Crippen LogP contribution in [-0.4, -0.2) is 44.9 Å². The molecule has 0 unspecified atom stereocenters. The number of nitrogens with one attached hydrogen (secondary N) is 1. The summed E-state index contributed by atoms with van der Waals surface area (Å²) in [6, 6.07) is 11.2. The van der Waals surface area contributed by atoms with E-state index in [0.29, 0.717) is 11.7 Å². The minimum absolute atomic E-state index is 0.0832. The molecule has 2 heterocycles. The standard InChI is InChI=1S/C20H27N5O/c26-20(21-17-9-4-5-10-17)19-15-25(23-22-19)18-11-6-12-24(14-18)13-16-7-2-1-3-8-16/h1-3,7-8,15,17-18H,4-6,9-14H2,(H,21,26)/t18-/m1/s1. The van der Waals surface area contributed by atoms with Gasteiger partial charge in [0.1, 0.15) is 0 Å². The van der Waals surface area contributed by atoms with Crippen molar-refractivity contribution in [2.24, 2.45) is 0 Å². The molecule has 2 aromatic rings. The average molecular weight is 353 g/mol. The average Bonchev–Trinajstić information content (AvgIpc) is 3.35. The zero-order chi connectivity index (χ0) is 17.8. The molecule has 26 heavy (non-hydrogen) atoms. The minimum atomic E-state index is -0.0832. The quantitative estimate of drug-likeness (QED) is 0.898. The third-order valence-electron chi connectivity index (χ3n) is 5.54. The number of nitrogens with zero attached hydrogens (tertiary/aromatic N) is 4. The van der Waals surface area contributed by atoms with Crippen LogP contribution in [0.15, 0.2) is 36.5 Å². The maximum atomic E-state index is 12.4. The summed E-state index contributed by atoms with van der Waals surface area (Å²) in [4.78, 5) is 14.8. The summed E-state index contributed by atoms with van der Waals surface area (Å²) < 4.78 is 1.89. The predicted octanol–water partition coefficient (Wildman–Crippen LogP) is 2.79. The lowest BCUT2D eigenvalue weighted by molar-refractivity contribution is 0.0932. The molecule has 1 N–H and O–H groups in total.